The van der Waals surface area contributed by atoms with Gasteiger partial charge in [0.25, 0.3) is 0 Å². The fourth-order valence-corrected chi connectivity index (χ4v) is 2.74. The van der Waals surface area contributed by atoms with Crippen LogP contribution in [0.4, 0.5) is 5.82 Å². The Labute approximate surface area is 127 Å². The SMILES string of the molecule is CCNC(Cc1cccnc1N)C(C)(C)c1ccccc1. The minimum absolute atomic E-state index is 0.0134. The first kappa shape index (κ1) is 15.5. The molecule has 1 heterocycles. The zero-order valence-corrected chi connectivity index (χ0v) is 13.1. The number of nitrogens with one attached hydrogen (secondary N) is 1. The molecule has 2 aromatic rings. The molecule has 3 N–H and O–H groups in total. The van der Waals surface area contributed by atoms with Crippen LogP contribution in [0.15, 0.2) is 48.7 Å². The second-order valence-electron chi connectivity index (χ2n) is 5.95. The quantitative estimate of drug-likeness (QED) is 0.856. The predicted molar refractivity (Wildman–Crippen MR) is 89.3 cm³/mol. The molecule has 0 radical (unpaired) electrons. The highest BCUT2D eigenvalue weighted by Gasteiger charge is 2.31. The summed E-state index contributed by atoms with van der Waals surface area (Å²) in [5.74, 6) is 0.629. The van der Waals surface area contributed by atoms with Crippen LogP contribution < -0.4 is 11.1 Å². The maximum Gasteiger partial charge on any atom is 0.126 e. The zero-order valence-electron chi connectivity index (χ0n) is 13.1. The van der Waals surface area contributed by atoms with Gasteiger partial charge in [0.2, 0.25) is 0 Å². The standard InChI is InChI=1S/C18H25N3/c1-4-20-16(13-14-9-8-12-21-17(14)19)18(2,3)15-10-6-5-7-11-15/h5-12,16,20H,4,13H2,1-3H3,(H2,19,21). The Hall–Kier alpha value is -1.87. The summed E-state index contributed by atoms with van der Waals surface area (Å²) >= 11 is 0. The fourth-order valence-electron chi connectivity index (χ4n) is 2.74. The largest absolute Gasteiger partial charge is 0.383 e. The van der Waals surface area contributed by atoms with Gasteiger partial charge in [0.1, 0.15) is 5.82 Å². The highest BCUT2D eigenvalue weighted by atomic mass is 14.9. The van der Waals surface area contributed by atoms with Crippen LogP contribution in [0.3, 0.4) is 0 Å². The van der Waals surface area contributed by atoms with Gasteiger partial charge in [0.15, 0.2) is 0 Å². The number of rotatable bonds is 6. The van der Waals surface area contributed by atoms with Gasteiger partial charge in [-0.15, -0.1) is 0 Å². The first-order chi connectivity index (χ1) is 10.1. The summed E-state index contributed by atoms with van der Waals surface area (Å²) in [4.78, 5) is 4.20. The first-order valence-corrected chi connectivity index (χ1v) is 7.54. The highest BCUT2D eigenvalue weighted by molar-refractivity contribution is 5.40. The second kappa shape index (κ2) is 6.72. The molecule has 0 aliphatic heterocycles. The van der Waals surface area contributed by atoms with Gasteiger partial charge in [-0.05, 0) is 30.2 Å². The van der Waals surface area contributed by atoms with Crippen molar-refractivity contribution in [1.82, 2.24) is 10.3 Å². The molecule has 0 spiro atoms. The van der Waals surface area contributed by atoms with Crippen molar-refractivity contribution in [1.29, 1.82) is 0 Å². The fraction of sp³-hybridized carbons (Fsp3) is 0.389. The van der Waals surface area contributed by atoms with Crippen LogP contribution in [0.25, 0.3) is 0 Å². The molecule has 21 heavy (non-hydrogen) atoms. The Morgan fingerprint density at radius 1 is 1.14 bits per heavy atom. The molecule has 2 rings (SSSR count). The minimum atomic E-state index is 0.0134. The summed E-state index contributed by atoms with van der Waals surface area (Å²) in [5, 5.41) is 3.61. The molecule has 0 fully saturated rings. The van der Waals surface area contributed by atoms with E-state index in [0.29, 0.717) is 11.9 Å². The van der Waals surface area contributed by atoms with Crippen molar-refractivity contribution in [3.05, 3.63) is 59.8 Å². The van der Waals surface area contributed by atoms with Crippen LogP contribution >= 0.6 is 0 Å². The molecule has 112 valence electrons. The summed E-state index contributed by atoms with van der Waals surface area (Å²) in [6, 6.07) is 14.9. The van der Waals surface area contributed by atoms with E-state index in [4.69, 9.17) is 5.73 Å². The summed E-state index contributed by atoms with van der Waals surface area (Å²) in [5.41, 5.74) is 8.46. The maximum absolute atomic E-state index is 6.01. The summed E-state index contributed by atoms with van der Waals surface area (Å²) in [6.07, 6.45) is 2.61. The van der Waals surface area contributed by atoms with E-state index in [9.17, 15) is 0 Å². The van der Waals surface area contributed by atoms with E-state index in [1.807, 2.05) is 6.07 Å². The van der Waals surface area contributed by atoms with E-state index in [0.717, 1.165) is 18.5 Å². The smallest absolute Gasteiger partial charge is 0.126 e. The number of aromatic nitrogens is 1. The highest BCUT2D eigenvalue weighted by Crippen LogP contribution is 2.29. The summed E-state index contributed by atoms with van der Waals surface area (Å²) < 4.78 is 0. The summed E-state index contributed by atoms with van der Waals surface area (Å²) in [6.45, 7) is 7.63. The normalized spacial score (nSPS) is 13.1. The van der Waals surface area contributed by atoms with Crippen LogP contribution in [-0.2, 0) is 11.8 Å². The van der Waals surface area contributed by atoms with E-state index < -0.39 is 0 Å². The average molecular weight is 283 g/mol. The van der Waals surface area contributed by atoms with Crippen LogP contribution in [0, 0.1) is 0 Å². The van der Waals surface area contributed by atoms with Gasteiger partial charge in [-0.2, -0.15) is 0 Å². The lowest BCUT2D eigenvalue weighted by Crippen LogP contribution is -2.46. The van der Waals surface area contributed by atoms with Crippen molar-refractivity contribution >= 4 is 5.82 Å². The molecule has 1 aromatic heterocycles. The Morgan fingerprint density at radius 3 is 2.48 bits per heavy atom. The number of nitrogen functional groups attached to an aromatic ring is 1. The van der Waals surface area contributed by atoms with Gasteiger partial charge < -0.3 is 11.1 Å². The second-order valence-corrected chi connectivity index (χ2v) is 5.95. The van der Waals surface area contributed by atoms with Crippen molar-refractivity contribution in [2.24, 2.45) is 0 Å². The number of benzene rings is 1. The number of hydrogen-bond acceptors (Lipinski definition) is 3. The Bertz CT molecular complexity index is 564. The Morgan fingerprint density at radius 2 is 1.86 bits per heavy atom. The average Bonchev–Trinajstić information content (AvgIpc) is 2.50. The number of likely N-dealkylation sites (N-methyl/N-ethyl adjacent to an activating group) is 1. The van der Waals surface area contributed by atoms with Gasteiger partial charge in [-0.25, -0.2) is 4.98 Å². The molecule has 0 bridgehead atoms. The van der Waals surface area contributed by atoms with Gasteiger partial charge in [0, 0.05) is 17.7 Å². The third kappa shape index (κ3) is 3.61. The van der Waals surface area contributed by atoms with Crippen molar-refractivity contribution in [3.63, 3.8) is 0 Å². The van der Waals surface area contributed by atoms with Crippen LogP contribution in [-0.4, -0.2) is 17.6 Å². The lowest BCUT2D eigenvalue weighted by molar-refractivity contribution is 0.343. The van der Waals surface area contributed by atoms with Crippen molar-refractivity contribution < 1.29 is 0 Å². The molecule has 1 atom stereocenters. The molecular weight excluding hydrogens is 258 g/mol. The third-order valence-electron chi connectivity index (χ3n) is 4.19. The number of pyridine rings is 1. The van der Waals surface area contributed by atoms with Gasteiger partial charge in [0.05, 0.1) is 0 Å². The van der Waals surface area contributed by atoms with Crippen molar-refractivity contribution in [2.75, 3.05) is 12.3 Å². The minimum Gasteiger partial charge on any atom is -0.383 e. The number of nitrogens with two attached hydrogens (primary N) is 1. The molecule has 1 unspecified atom stereocenters. The van der Waals surface area contributed by atoms with Crippen LogP contribution in [0.1, 0.15) is 31.9 Å². The number of anilines is 1. The molecule has 0 aliphatic carbocycles. The predicted octanol–water partition coefficient (Wildman–Crippen LogP) is 3.16. The van der Waals surface area contributed by atoms with Crippen molar-refractivity contribution in [3.8, 4) is 0 Å². The van der Waals surface area contributed by atoms with Crippen LogP contribution in [0.2, 0.25) is 0 Å². The van der Waals surface area contributed by atoms with E-state index in [1.54, 1.807) is 6.20 Å². The molecule has 0 aliphatic rings. The summed E-state index contributed by atoms with van der Waals surface area (Å²) in [7, 11) is 0. The van der Waals surface area contributed by atoms with Crippen molar-refractivity contribution in [2.45, 2.75) is 38.6 Å². The van der Waals surface area contributed by atoms with Gasteiger partial charge in [-0.3, -0.25) is 0 Å². The third-order valence-corrected chi connectivity index (χ3v) is 4.19. The molecule has 1 aromatic carbocycles. The Balaban J connectivity index is 2.28. The van der Waals surface area contributed by atoms with E-state index in [2.05, 4.69) is 67.5 Å². The molecule has 3 heteroatoms. The lowest BCUT2D eigenvalue weighted by atomic mass is 9.75. The number of hydrogen-bond donors (Lipinski definition) is 2. The lowest BCUT2D eigenvalue weighted by Gasteiger charge is -2.36. The molecule has 0 saturated carbocycles. The maximum atomic E-state index is 6.01. The van der Waals surface area contributed by atoms with Crippen LogP contribution in [0.5, 0.6) is 0 Å². The molecule has 0 saturated heterocycles. The van der Waals surface area contributed by atoms with E-state index in [-0.39, 0.29) is 5.41 Å². The first-order valence-electron chi connectivity index (χ1n) is 7.54. The van der Waals surface area contributed by atoms with Gasteiger partial charge in [-0.1, -0.05) is 57.2 Å². The molecule has 3 nitrogen and oxygen atoms in total. The van der Waals surface area contributed by atoms with Gasteiger partial charge >= 0.3 is 0 Å². The number of nitrogens with zero attached hydrogens (tertiary/aromatic N) is 1. The monoisotopic (exact) mass is 283 g/mol. The topological polar surface area (TPSA) is 50.9 Å². The molecular formula is C18H25N3. The van der Waals surface area contributed by atoms with E-state index >= 15 is 0 Å². The molecule has 0 amide bonds. The van der Waals surface area contributed by atoms with E-state index in [1.165, 1.54) is 5.56 Å². The Kier molecular flexibility index (Phi) is 4.97. The zero-order chi connectivity index (χ0) is 15.3.